The number of morpholine rings is 1. The van der Waals surface area contributed by atoms with Crippen LogP contribution >= 0.6 is 0 Å². The summed E-state index contributed by atoms with van der Waals surface area (Å²) in [6, 6.07) is 0.379. The van der Waals surface area contributed by atoms with Crippen LogP contribution < -0.4 is 16.2 Å². The van der Waals surface area contributed by atoms with E-state index in [1.807, 2.05) is 0 Å². The topological polar surface area (TPSA) is 76.3 Å². The fraction of sp³-hybridized carbons (Fsp3) is 0.667. The summed E-state index contributed by atoms with van der Waals surface area (Å²) in [5.41, 5.74) is 3.72. The van der Waals surface area contributed by atoms with Crippen LogP contribution in [0.25, 0.3) is 0 Å². The van der Waals surface area contributed by atoms with Crippen molar-refractivity contribution in [2.24, 2.45) is 5.84 Å². The van der Waals surface area contributed by atoms with Crippen molar-refractivity contribution in [2.75, 3.05) is 30.1 Å². The molecule has 0 aromatic carbocycles. The van der Waals surface area contributed by atoms with Gasteiger partial charge in [0.25, 0.3) is 0 Å². The first-order valence-corrected chi connectivity index (χ1v) is 6.46. The second-order valence-electron chi connectivity index (χ2n) is 4.35. The van der Waals surface area contributed by atoms with Crippen LogP contribution in [-0.2, 0) is 11.2 Å². The number of anilines is 2. The predicted molar refractivity (Wildman–Crippen MR) is 71.5 cm³/mol. The zero-order valence-corrected chi connectivity index (χ0v) is 11.0. The van der Waals surface area contributed by atoms with Gasteiger partial charge >= 0.3 is 0 Å². The second kappa shape index (κ2) is 5.97. The standard InChI is InChI=1S/C12H21N5O/c1-3-9-7-18-6-5-17(9)12-10(4-2)11(16-13)14-8-15-12/h8-9H,3-7,13H2,1-2H3,(H,14,15,16). The van der Waals surface area contributed by atoms with Gasteiger partial charge in [-0.2, -0.15) is 0 Å². The van der Waals surface area contributed by atoms with Crippen molar-refractivity contribution >= 4 is 11.6 Å². The van der Waals surface area contributed by atoms with E-state index in [9.17, 15) is 0 Å². The van der Waals surface area contributed by atoms with Gasteiger partial charge in [0.2, 0.25) is 0 Å². The molecule has 6 heteroatoms. The van der Waals surface area contributed by atoms with Crippen LogP contribution in [0.1, 0.15) is 25.8 Å². The molecule has 1 aromatic heterocycles. The first kappa shape index (κ1) is 13.0. The Balaban J connectivity index is 2.36. The van der Waals surface area contributed by atoms with Gasteiger partial charge in [0, 0.05) is 12.1 Å². The Kier molecular flexibility index (Phi) is 4.33. The molecule has 2 heterocycles. The zero-order valence-electron chi connectivity index (χ0n) is 11.0. The maximum Gasteiger partial charge on any atom is 0.148 e. The second-order valence-corrected chi connectivity index (χ2v) is 4.35. The smallest absolute Gasteiger partial charge is 0.148 e. The fourth-order valence-electron chi connectivity index (χ4n) is 2.37. The number of nitrogens with zero attached hydrogens (tertiary/aromatic N) is 3. The van der Waals surface area contributed by atoms with Gasteiger partial charge in [-0.25, -0.2) is 15.8 Å². The number of hydrogen-bond acceptors (Lipinski definition) is 6. The molecule has 1 aliphatic heterocycles. The number of hydrazine groups is 1. The number of aromatic nitrogens is 2. The molecular weight excluding hydrogens is 230 g/mol. The summed E-state index contributed by atoms with van der Waals surface area (Å²) in [6.45, 7) is 6.63. The van der Waals surface area contributed by atoms with Gasteiger partial charge in [-0.05, 0) is 12.8 Å². The number of nitrogen functional groups attached to an aromatic ring is 1. The lowest BCUT2D eigenvalue weighted by atomic mass is 10.1. The lowest BCUT2D eigenvalue weighted by Gasteiger charge is -2.37. The Morgan fingerprint density at radius 1 is 1.50 bits per heavy atom. The minimum Gasteiger partial charge on any atom is -0.377 e. The van der Waals surface area contributed by atoms with Crippen molar-refractivity contribution in [1.82, 2.24) is 9.97 Å². The summed E-state index contributed by atoms with van der Waals surface area (Å²) in [5.74, 6) is 7.20. The summed E-state index contributed by atoms with van der Waals surface area (Å²) in [6.07, 6.45) is 3.45. The molecule has 0 radical (unpaired) electrons. The lowest BCUT2D eigenvalue weighted by molar-refractivity contribution is 0.0924. The average molecular weight is 251 g/mol. The Labute approximate surface area is 108 Å². The highest BCUT2D eigenvalue weighted by Crippen LogP contribution is 2.27. The molecule has 1 aliphatic rings. The molecule has 1 fully saturated rings. The molecular formula is C12H21N5O. The van der Waals surface area contributed by atoms with E-state index in [0.29, 0.717) is 11.9 Å². The molecule has 100 valence electrons. The number of ether oxygens (including phenoxy) is 1. The highest BCUT2D eigenvalue weighted by atomic mass is 16.5. The summed E-state index contributed by atoms with van der Waals surface area (Å²) < 4.78 is 5.53. The summed E-state index contributed by atoms with van der Waals surface area (Å²) in [5, 5.41) is 0. The maximum absolute atomic E-state index is 5.53. The average Bonchev–Trinajstić information content (AvgIpc) is 2.46. The quantitative estimate of drug-likeness (QED) is 0.612. The van der Waals surface area contributed by atoms with Gasteiger partial charge in [-0.1, -0.05) is 13.8 Å². The first-order chi connectivity index (χ1) is 8.81. The molecule has 0 spiro atoms. The fourth-order valence-corrected chi connectivity index (χ4v) is 2.37. The van der Waals surface area contributed by atoms with E-state index in [4.69, 9.17) is 10.6 Å². The number of nitrogens with one attached hydrogen (secondary N) is 1. The highest BCUT2D eigenvalue weighted by Gasteiger charge is 2.25. The zero-order chi connectivity index (χ0) is 13.0. The number of rotatable bonds is 4. The maximum atomic E-state index is 5.53. The Morgan fingerprint density at radius 3 is 3.00 bits per heavy atom. The Bertz CT molecular complexity index is 398. The third-order valence-corrected chi connectivity index (χ3v) is 3.38. The normalized spacial score (nSPS) is 19.9. The van der Waals surface area contributed by atoms with E-state index < -0.39 is 0 Å². The van der Waals surface area contributed by atoms with Crippen molar-refractivity contribution < 1.29 is 4.74 Å². The van der Waals surface area contributed by atoms with Crippen LogP contribution in [0.4, 0.5) is 11.6 Å². The van der Waals surface area contributed by atoms with Crippen LogP contribution in [0.15, 0.2) is 6.33 Å². The molecule has 0 saturated carbocycles. The van der Waals surface area contributed by atoms with E-state index in [-0.39, 0.29) is 0 Å². The van der Waals surface area contributed by atoms with Crippen molar-refractivity contribution in [3.63, 3.8) is 0 Å². The van der Waals surface area contributed by atoms with Crippen molar-refractivity contribution in [1.29, 1.82) is 0 Å². The van der Waals surface area contributed by atoms with Gasteiger partial charge in [0.1, 0.15) is 18.0 Å². The largest absolute Gasteiger partial charge is 0.377 e. The Hall–Kier alpha value is -1.40. The molecule has 6 nitrogen and oxygen atoms in total. The molecule has 0 aliphatic carbocycles. The first-order valence-electron chi connectivity index (χ1n) is 6.46. The van der Waals surface area contributed by atoms with Gasteiger partial charge in [-0.3, -0.25) is 0 Å². The van der Waals surface area contributed by atoms with Crippen LogP contribution in [0.2, 0.25) is 0 Å². The summed E-state index contributed by atoms with van der Waals surface area (Å²) >= 11 is 0. The van der Waals surface area contributed by atoms with E-state index in [0.717, 1.165) is 44.0 Å². The third-order valence-electron chi connectivity index (χ3n) is 3.38. The van der Waals surface area contributed by atoms with Crippen LogP contribution in [0.5, 0.6) is 0 Å². The highest BCUT2D eigenvalue weighted by molar-refractivity contribution is 5.59. The number of nitrogens with two attached hydrogens (primary N) is 1. The van der Waals surface area contributed by atoms with E-state index in [1.165, 1.54) is 0 Å². The molecule has 18 heavy (non-hydrogen) atoms. The monoisotopic (exact) mass is 251 g/mol. The minimum atomic E-state index is 0.379. The summed E-state index contributed by atoms with van der Waals surface area (Å²) in [4.78, 5) is 10.9. The van der Waals surface area contributed by atoms with Gasteiger partial charge in [-0.15, -0.1) is 0 Å². The van der Waals surface area contributed by atoms with Crippen LogP contribution in [0, 0.1) is 0 Å². The van der Waals surface area contributed by atoms with E-state index in [1.54, 1.807) is 6.33 Å². The molecule has 0 amide bonds. The lowest BCUT2D eigenvalue weighted by Crippen LogP contribution is -2.46. The molecule has 1 saturated heterocycles. The predicted octanol–water partition coefficient (Wildman–Crippen LogP) is 0.940. The molecule has 3 N–H and O–H groups in total. The molecule has 1 aromatic rings. The number of hydrogen-bond donors (Lipinski definition) is 2. The Morgan fingerprint density at radius 2 is 2.33 bits per heavy atom. The van der Waals surface area contributed by atoms with Crippen LogP contribution in [0.3, 0.4) is 0 Å². The van der Waals surface area contributed by atoms with Gasteiger partial charge < -0.3 is 15.1 Å². The van der Waals surface area contributed by atoms with Gasteiger partial charge in [0.05, 0.1) is 19.3 Å². The van der Waals surface area contributed by atoms with E-state index >= 15 is 0 Å². The molecule has 2 rings (SSSR count). The third kappa shape index (κ3) is 2.39. The van der Waals surface area contributed by atoms with Crippen LogP contribution in [-0.4, -0.2) is 35.8 Å². The summed E-state index contributed by atoms with van der Waals surface area (Å²) in [7, 11) is 0. The molecule has 1 unspecified atom stereocenters. The van der Waals surface area contributed by atoms with E-state index in [2.05, 4.69) is 34.1 Å². The van der Waals surface area contributed by atoms with Gasteiger partial charge in [0.15, 0.2) is 0 Å². The molecule has 0 bridgehead atoms. The van der Waals surface area contributed by atoms with Crippen molar-refractivity contribution in [3.8, 4) is 0 Å². The van der Waals surface area contributed by atoms with Crippen molar-refractivity contribution in [2.45, 2.75) is 32.7 Å². The molecule has 1 atom stereocenters. The minimum absolute atomic E-state index is 0.379. The SMILES string of the molecule is CCc1c(NN)ncnc1N1CCOCC1CC. The van der Waals surface area contributed by atoms with Crippen molar-refractivity contribution in [3.05, 3.63) is 11.9 Å².